The third kappa shape index (κ3) is 5.84. The number of benzene rings is 1. The molecule has 2 saturated heterocycles. The van der Waals surface area contributed by atoms with Crippen molar-refractivity contribution in [2.75, 3.05) is 13.1 Å². The average Bonchev–Trinajstić information content (AvgIpc) is 3.57. The molecule has 3 N–H and O–H groups in total. The molecule has 0 spiro atoms. The van der Waals surface area contributed by atoms with Gasteiger partial charge < -0.3 is 15.0 Å². The number of amides is 5. The number of urea groups is 1. The van der Waals surface area contributed by atoms with Gasteiger partial charge in [-0.05, 0) is 52.0 Å². The molecule has 11 heteroatoms. The van der Waals surface area contributed by atoms with Crippen LogP contribution < -0.4 is 16.2 Å². The van der Waals surface area contributed by atoms with Gasteiger partial charge in [0, 0.05) is 13.1 Å². The number of nitrogens with one attached hydrogen (secondary N) is 3. The van der Waals surface area contributed by atoms with Gasteiger partial charge in [0.15, 0.2) is 0 Å². The second kappa shape index (κ2) is 9.73. The van der Waals surface area contributed by atoms with Gasteiger partial charge >= 0.3 is 12.1 Å². The lowest BCUT2D eigenvalue weighted by Gasteiger charge is -2.29. The number of fused-ring (bicyclic) bond motifs is 2. The Labute approximate surface area is 204 Å². The van der Waals surface area contributed by atoms with Gasteiger partial charge in [0.05, 0.1) is 11.5 Å². The van der Waals surface area contributed by atoms with E-state index in [1.165, 1.54) is 9.96 Å². The van der Waals surface area contributed by atoms with Crippen LogP contribution in [0.25, 0.3) is 0 Å². The summed E-state index contributed by atoms with van der Waals surface area (Å²) in [6.45, 7) is 6.05. The minimum Gasteiger partial charge on any atom is -0.444 e. The predicted octanol–water partition coefficient (Wildman–Crippen LogP) is 1.84. The predicted molar refractivity (Wildman–Crippen MR) is 124 cm³/mol. The zero-order valence-electron chi connectivity index (χ0n) is 20.3. The lowest BCUT2D eigenvalue weighted by Crippen LogP contribution is -2.55. The maximum absolute atomic E-state index is 12.9. The van der Waals surface area contributed by atoms with Crippen LogP contribution in [-0.2, 0) is 25.8 Å². The van der Waals surface area contributed by atoms with Crippen LogP contribution in [0.2, 0.25) is 0 Å². The molecule has 2 atom stereocenters. The van der Waals surface area contributed by atoms with Crippen molar-refractivity contribution in [3.63, 3.8) is 0 Å². The van der Waals surface area contributed by atoms with Gasteiger partial charge in [0.2, 0.25) is 5.91 Å². The van der Waals surface area contributed by atoms with Crippen molar-refractivity contribution in [1.29, 1.82) is 0 Å². The Hall–Kier alpha value is -3.34. The SMILES string of the molecule is CC(C)(C)OC(=O)NCC1(C(=O)NNC(=O)[C@@H]2CC[C@H]3CN2C(=O)N3OCc2ccccc2)CC1. The Morgan fingerprint density at radius 3 is 2.46 bits per heavy atom. The molecule has 4 rings (SSSR count). The van der Waals surface area contributed by atoms with E-state index in [-0.39, 0.29) is 31.1 Å². The summed E-state index contributed by atoms with van der Waals surface area (Å²) < 4.78 is 5.20. The molecule has 35 heavy (non-hydrogen) atoms. The molecule has 0 unspecified atom stereocenters. The monoisotopic (exact) mass is 487 g/mol. The molecule has 1 aromatic rings. The first-order valence-corrected chi connectivity index (χ1v) is 11.9. The molecule has 3 aliphatic rings. The number of nitrogens with zero attached hydrogens (tertiary/aromatic N) is 2. The molecule has 11 nitrogen and oxygen atoms in total. The van der Waals surface area contributed by atoms with Gasteiger partial charge in [-0.3, -0.25) is 25.3 Å². The Bertz CT molecular complexity index is 974. The van der Waals surface area contributed by atoms with Crippen LogP contribution in [0.3, 0.4) is 0 Å². The number of piperidine rings is 1. The normalized spacial score (nSPS) is 22.4. The van der Waals surface area contributed by atoms with Crippen molar-refractivity contribution in [1.82, 2.24) is 26.1 Å². The van der Waals surface area contributed by atoms with E-state index in [1.54, 1.807) is 20.8 Å². The summed E-state index contributed by atoms with van der Waals surface area (Å²) in [4.78, 5) is 57.5. The first-order valence-electron chi connectivity index (χ1n) is 11.9. The molecule has 5 amide bonds. The van der Waals surface area contributed by atoms with Crippen molar-refractivity contribution in [3.8, 4) is 0 Å². The van der Waals surface area contributed by atoms with E-state index >= 15 is 0 Å². The second-order valence-corrected chi connectivity index (χ2v) is 10.3. The highest BCUT2D eigenvalue weighted by Gasteiger charge is 2.51. The highest BCUT2D eigenvalue weighted by molar-refractivity contribution is 5.92. The highest BCUT2D eigenvalue weighted by Crippen LogP contribution is 2.45. The fraction of sp³-hybridized carbons (Fsp3) is 0.583. The summed E-state index contributed by atoms with van der Waals surface area (Å²) in [5.41, 5.74) is 4.48. The minimum absolute atomic E-state index is 0.112. The Morgan fingerprint density at radius 2 is 1.80 bits per heavy atom. The van der Waals surface area contributed by atoms with E-state index in [1.807, 2.05) is 30.3 Å². The van der Waals surface area contributed by atoms with Crippen LogP contribution in [0.5, 0.6) is 0 Å². The largest absolute Gasteiger partial charge is 0.444 e. The third-order valence-corrected chi connectivity index (χ3v) is 6.44. The number of alkyl carbamates (subject to hydrolysis) is 1. The summed E-state index contributed by atoms with van der Waals surface area (Å²) in [6.07, 6.45) is 1.67. The Kier molecular flexibility index (Phi) is 6.88. The number of ether oxygens (including phenoxy) is 1. The smallest absolute Gasteiger partial charge is 0.407 e. The summed E-state index contributed by atoms with van der Waals surface area (Å²) in [5.74, 6) is -0.831. The fourth-order valence-corrected chi connectivity index (χ4v) is 4.31. The quantitative estimate of drug-likeness (QED) is 0.504. The maximum atomic E-state index is 12.9. The summed E-state index contributed by atoms with van der Waals surface area (Å²) in [6, 6.07) is 8.39. The molecule has 2 aliphatic heterocycles. The van der Waals surface area contributed by atoms with E-state index in [0.29, 0.717) is 32.2 Å². The zero-order valence-corrected chi connectivity index (χ0v) is 20.3. The number of carbonyl (C=O) groups excluding carboxylic acids is 4. The average molecular weight is 488 g/mol. The number of hydroxylamine groups is 2. The minimum atomic E-state index is -0.770. The van der Waals surface area contributed by atoms with Crippen LogP contribution in [0, 0.1) is 5.41 Å². The van der Waals surface area contributed by atoms with Gasteiger partial charge in [0.25, 0.3) is 5.91 Å². The third-order valence-electron chi connectivity index (χ3n) is 6.44. The van der Waals surface area contributed by atoms with E-state index in [0.717, 1.165) is 5.56 Å². The molecule has 190 valence electrons. The lowest BCUT2D eigenvalue weighted by atomic mass is 10.0. The van der Waals surface area contributed by atoms with Crippen LogP contribution >= 0.6 is 0 Å². The maximum Gasteiger partial charge on any atom is 0.407 e. The molecular weight excluding hydrogens is 454 g/mol. The number of hydrogen-bond acceptors (Lipinski definition) is 6. The molecule has 0 aromatic heterocycles. The van der Waals surface area contributed by atoms with Crippen molar-refractivity contribution in [2.24, 2.45) is 5.41 Å². The van der Waals surface area contributed by atoms with Gasteiger partial charge in [-0.25, -0.2) is 9.59 Å². The van der Waals surface area contributed by atoms with Gasteiger partial charge in [0.1, 0.15) is 18.2 Å². The van der Waals surface area contributed by atoms with E-state index in [9.17, 15) is 19.2 Å². The van der Waals surface area contributed by atoms with Crippen molar-refractivity contribution < 1.29 is 28.8 Å². The van der Waals surface area contributed by atoms with Crippen molar-refractivity contribution in [2.45, 2.75) is 70.7 Å². The number of hydrazine groups is 1. The molecule has 1 saturated carbocycles. The first-order chi connectivity index (χ1) is 16.6. The highest BCUT2D eigenvalue weighted by atomic mass is 16.7. The van der Waals surface area contributed by atoms with Gasteiger partial charge in [-0.15, -0.1) is 0 Å². The summed E-state index contributed by atoms with van der Waals surface area (Å²) >= 11 is 0. The molecule has 1 aromatic carbocycles. The number of hydrogen-bond donors (Lipinski definition) is 3. The van der Waals surface area contributed by atoms with Gasteiger partial charge in [-0.2, -0.15) is 5.06 Å². The Morgan fingerprint density at radius 1 is 1.09 bits per heavy atom. The van der Waals surface area contributed by atoms with Crippen LogP contribution in [0.1, 0.15) is 52.0 Å². The van der Waals surface area contributed by atoms with E-state index in [2.05, 4.69) is 16.2 Å². The second-order valence-electron chi connectivity index (χ2n) is 10.3. The summed E-state index contributed by atoms with van der Waals surface area (Å²) in [5, 5.41) is 3.98. The summed E-state index contributed by atoms with van der Waals surface area (Å²) in [7, 11) is 0. The van der Waals surface area contributed by atoms with Crippen molar-refractivity contribution in [3.05, 3.63) is 35.9 Å². The van der Waals surface area contributed by atoms with Crippen LogP contribution in [0.15, 0.2) is 30.3 Å². The van der Waals surface area contributed by atoms with E-state index in [4.69, 9.17) is 9.57 Å². The molecular formula is C24H33N5O6. The molecule has 1 aliphatic carbocycles. The van der Waals surface area contributed by atoms with Gasteiger partial charge in [-0.1, -0.05) is 30.3 Å². The standard InChI is InChI=1S/C24H33N5O6/c1-23(2,3)35-21(32)25-15-24(11-12-24)20(31)27-26-19(30)18-10-9-17-13-28(18)22(33)29(17)34-14-16-7-5-4-6-8-16/h4-8,17-18H,9-15H2,1-3H3,(H,25,32)(H,26,30)(H,27,31)/t17-,18-/m0/s1. The van der Waals surface area contributed by atoms with Crippen LogP contribution in [0.4, 0.5) is 9.59 Å². The zero-order chi connectivity index (χ0) is 25.2. The lowest BCUT2D eigenvalue weighted by molar-refractivity contribution is -0.140. The van der Waals surface area contributed by atoms with E-state index < -0.39 is 29.1 Å². The topological polar surface area (TPSA) is 129 Å². The number of rotatable bonds is 7. The first kappa shape index (κ1) is 24.8. The molecule has 2 bridgehead atoms. The molecule has 3 fully saturated rings. The van der Waals surface area contributed by atoms with Crippen molar-refractivity contribution >= 4 is 23.9 Å². The Balaban J connectivity index is 1.25. The van der Waals surface area contributed by atoms with Crippen LogP contribution in [-0.4, -0.2) is 64.7 Å². The molecule has 0 radical (unpaired) electrons. The molecule has 2 heterocycles. The fourth-order valence-electron chi connectivity index (χ4n) is 4.31. The number of carbonyl (C=O) groups is 4.